The first kappa shape index (κ1) is 17.8. The van der Waals surface area contributed by atoms with E-state index in [0.717, 1.165) is 11.4 Å². The van der Waals surface area contributed by atoms with Crippen LogP contribution in [0.1, 0.15) is 28.7 Å². The molecule has 1 aromatic heterocycles. The second kappa shape index (κ2) is 7.94. The van der Waals surface area contributed by atoms with Gasteiger partial charge < -0.3 is 14.5 Å². The molecule has 0 bridgehead atoms. The van der Waals surface area contributed by atoms with E-state index >= 15 is 0 Å². The topological polar surface area (TPSA) is 93.5 Å². The number of piperazine rings is 1. The van der Waals surface area contributed by atoms with Crippen molar-refractivity contribution in [1.29, 1.82) is 0 Å². The summed E-state index contributed by atoms with van der Waals surface area (Å²) in [5, 5.41) is 11.4. The minimum absolute atomic E-state index is 0.0290. The molecule has 9 heteroatoms. The van der Waals surface area contributed by atoms with Gasteiger partial charge in [-0.1, -0.05) is 12.1 Å². The van der Waals surface area contributed by atoms with Gasteiger partial charge in [0, 0.05) is 31.7 Å². The van der Waals surface area contributed by atoms with E-state index in [1.54, 1.807) is 21.4 Å². The van der Waals surface area contributed by atoms with Gasteiger partial charge in [0.2, 0.25) is 0 Å². The van der Waals surface area contributed by atoms with Crippen LogP contribution < -0.4 is 0 Å². The molecule has 3 rings (SSSR count). The Balaban J connectivity index is 1.57. The van der Waals surface area contributed by atoms with Gasteiger partial charge in [0.1, 0.15) is 5.82 Å². The molecule has 9 nitrogen and oxygen atoms in total. The van der Waals surface area contributed by atoms with E-state index in [2.05, 4.69) is 15.5 Å². The molecule has 0 atom stereocenters. The summed E-state index contributed by atoms with van der Waals surface area (Å²) in [4.78, 5) is 27.7. The molecule has 1 saturated heterocycles. The number of hydrogen-bond acceptors (Lipinski definition) is 6. The van der Waals surface area contributed by atoms with Crippen molar-refractivity contribution < 1.29 is 14.3 Å². The fourth-order valence-corrected chi connectivity index (χ4v) is 2.81. The zero-order valence-electron chi connectivity index (χ0n) is 15.0. The predicted molar refractivity (Wildman–Crippen MR) is 92.6 cm³/mol. The molecule has 0 radical (unpaired) electrons. The summed E-state index contributed by atoms with van der Waals surface area (Å²) in [5.41, 5.74) is 1.65. The highest BCUT2D eigenvalue weighted by molar-refractivity contribution is 5.94. The highest BCUT2D eigenvalue weighted by atomic mass is 16.6. The van der Waals surface area contributed by atoms with Crippen molar-refractivity contribution in [2.45, 2.75) is 20.4 Å². The normalized spacial score (nSPS) is 14.4. The van der Waals surface area contributed by atoms with E-state index in [0.29, 0.717) is 44.9 Å². The monoisotopic (exact) mass is 358 g/mol. The first-order chi connectivity index (χ1) is 12.6. The van der Waals surface area contributed by atoms with Gasteiger partial charge in [-0.2, -0.15) is 0 Å². The van der Waals surface area contributed by atoms with E-state index in [1.165, 1.54) is 0 Å². The molecule has 138 valence electrons. The van der Waals surface area contributed by atoms with Crippen LogP contribution in [0.15, 0.2) is 24.3 Å². The minimum Gasteiger partial charge on any atom is -0.450 e. The van der Waals surface area contributed by atoms with Crippen molar-refractivity contribution >= 4 is 12.0 Å². The van der Waals surface area contributed by atoms with E-state index in [1.807, 2.05) is 31.2 Å². The van der Waals surface area contributed by atoms with Crippen LogP contribution in [-0.2, 0) is 11.3 Å². The number of amides is 2. The molecule has 1 aliphatic heterocycles. The Kier molecular flexibility index (Phi) is 5.45. The molecule has 0 aliphatic carbocycles. The van der Waals surface area contributed by atoms with Crippen LogP contribution in [0.3, 0.4) is 0 Å². The molecule has 1 aliphatic rings. The summed E-state index contributed by atoms with van der Waals surface area (Å²) in [7, 11) is 0. The van der Waals surface area contributed by atoms with E-state index < -0.39 is 0 Å². The lowest BCUT2D eigenvalue weighted by molar-refractivity contribution is 0.0570. The zero-order valence-corrected chi connectivity index (χ0v) is 15.0. The van der Waals surface area contributed by atoms with Crippen LogP contribution in [0.25, 0.3) is 0 Å². The van der Waals surface area contributed by atoms with Gasteiger partial charge in [0.15, 0.2) is 0 Å². The van der Waals surface area contributed by atoms with Crippen LogP contribution >= 0.6 is 0 Å². The Morgan fingerprint density at radius 3 is 2.31 bits per heavy atom. The van der Waals surface area contributed by atoms with E-state index in [-0.39, 0.29) is 12.0 Å². The van der Waals surface area contributed by atoms with Gasteiger partial charge >= 0.3 is 6.09 Å². The van der Waals surface area contributed by atoms with Crippen molar-refractivity contribution in [3.8, 4) is 0 Å². The second-order valence-corrected chi connectivity index (χ2v) is 6.06. The molecule has 2 heterocycles. The second-order valence-electron chi connectivity index (χ2n) is 6.06. The van der Waals surface area contributed by atoms with Crippen LogP contribution in [0, 0.1) is 6.92 Å². The third kappa shape index (κ3) is 3.98. The van der Waals surface area contributed by atoms with Crippen LogP contribution in [-0.4, -0.2) is 74.8 Å². The maximum absolute atomic E-state index is 12.6. The Labute approximate surface area is 151 Å². The summed E-state index contributed by atoms with van der Waals surface area (Å²) in [5.74, 6) is 0.711. The van der Waals surface area contributed by atoms with Crippen molar-refractivity contribution in [3.05, 3.63) is 41.2 Å². The Hall–Kier alpha value is -2.97. The summed E-state index contributed by atoms with van der Waals surface area (Å²) < 4.78 is 6.69. The number of rotatable bonds is 4. The number of tetrazole rings is 1. The van der Waals surface area contributed by atoms with Gasteiger partial charge in [-0.15, -0.1) is 5.10 Å². The standard InChI is InChI=1S/C17H22N6O3/c1-3-26-17(25)22-10-8-21(9-11-22)16(24)15-6-4-14(5-7-15)12-23-13(2)18-19-20-23/h4-7H,3,8-12H2,1-2H3. The zero-order chi connectivity index (χ0) is 18.5. The Morgan fingerprint density at radius 1 is 1.08 bits per heavy atom. The van der Waals surface area contributed by atoms with Gasteiger partial charge in [0.25, 0.3) is 5.91 Å². The molecule has 0 saturated carbocycles. The summed E-state index contributed by atoms with van der Waals surface area (Å²) in [6, 6.07) is 7.44. The third-order valence-electron chi connectivity index (χ3n) is 4.34. The molecule has 2 amide bonds. The lowest BCUT2D eigenvalue weighted by Crippen LogP contribution is -2.50. The molecule has 0 N–H and O–H groups in total. The third-order valence-corrected chi connectivity index (χ3v) is 4.34. The molecule has 1 fully saturated rings. The summed E-state index contributed by atoms with van der Waals surface area (Å²) >= 11 is 0. The molecule has 1 aromatic carbocycles. The molecule has 0 unspecified atom stereocenters. The largest absolute Gasteiger partial charge is 0.450 e. The number of ether oxygens (including phenoxy) is 1. The molecular weight excluding hydrogens is 336 g/mol. The van der Waals surface area contributed by atoms with Crippen LogP contribution in [0.5, 0.6) is 0 Å². The van der Waals surface area contributed by atoms with Gasteiger partial charge in [-0.3, -0.25) is 4.79 Å². The van der Waals surface area contributed by atoms with Crippen LogP contribution in [0.2, 0.25) is 0 Å². The Bertz CT molecular complexity index is 765. The molecular formula is C17H22N6O3. The predicted octanol–water partition coefficient (Wildman–Crippen LogP) is 0.944. The number of carbonyl (C=O) groups excluding carboxylic acids is 2. The summed E-state index contributed by atoms with van der Waals surface area (Å²) in [6.07, 6.45) is -0.318. The number of nitrogens with zero attached hydrogens (tertiary/aromatic N) is 6. The smallest absolute Gasteiger partial charge is 0.409 e. The van der Waals surface area contributed by atoms with Gasteiger partial charge in [0.05, 0.1) is 13.2 Å². The molecule has 0 spiro atoms. The van der Waals surface area contributed by atoms with Crippen LogP contribution in [0.4, 0.5) is 4.79 Å². The quantitative estimate of drug-likeness (QED) is 0.808. The minimum atomic E-state index is -0.318. The van der Waals surface area contributed by atoms with Gasteiger partial charge in [-0.05, 0) is 42.0 Å². The Morgan fingerprint density at radius 2 is 1.73 bits per heavy atom. The van der Waals surface area contributed by atoms with Crippen molar-refractivity contribution in [1.82, 2.24) is 30.0 Å². The number of carbonyl (C=O) groups is 2. The highest BCUT2D eigenvalue weighted by Gasteiger charge is 2.25. The lowest BCUT2D eigenvalue weighted by Gasteiger charge is -2.34. The lowest BCUT2D eigenvalue weighted by atomic mass is 10.1. The molecule has 26 heavy (non-hydrogen) atoms. The number of aryl methyl sites for hydroxylation is 1. The maximum Gasteiger partial charge on any atom is 0.409 e. The first-order valence-corrected chi connectivity index (χ1v) is 8.61. The first-order valence-electron chi connectivity index (χ1n) is 8.61. The SMILES string of the molecule is CCOC(=O)N1CCN(C(=O)c2ccc(Cn3nnnc3C)cc2)CC1. The van der Waals surface area contributed by atoms with Gasteiger partial charge in [-0.25, -0.2) is 9.48 Å². The number of benzene rings is 1. The highest BCUT2D eigenvalue weighted by Crippen LogP contribution is 2.12. The average molecular weight is 358 g/mol. The van der Waals surface area contributed by atoms with Crippen molar-refractivity contribution in [2.75, 3.05) is 32.8 Å². The van der Waals surface area contributed by atoms with Crippen molar-refractivity contribution in [2.24, 2.45) is 0 Å². The molecule has 2 aromatic rings. The number of hydrogen-bond donors (Lipinski definition) is 0. The fourth-order valence-electron chi connectivity index (χ4n) is 2.81. The maximum atomic E-state index is 12.6. The van der Waals surface area contributed by atoms with E-state index in [9.17, 15) is 9.59 Å². The summed E-state index contributed by atoms with van der Waals surface area (Å²) in [6.45, 7) is 6.52. The van der Waals surface area contributed by atoms with E-state index in [4.69, 9.17) is 4.74 Å². The fraction of sp³-hybridized carbons (Fsp3) is 0.471. The van der Waals surface area contributed by atoms with Crippen molar-refractivity contribution in [3.63, 3.8) is 0 Å². The average Bonchev–Trinajstić information content (AvgIpc) is 3.07. The number of aromatic nitrogens is 4.